The summed E-state index contributed by atoms with van der Waals surface area (Å²) < 4.78 is 18.9. The lowest BCUT2D eigenvalue weighted by atomic mass is 9.86. The first-order valence-corrected chi connectivity index (χ1v) is 7.40. The Labute approximate surface area is 132 Å². The van der Waals surface area contributed by atoms with E-state index in [0.717, 1.165) is 18.5 Å². The zero-order chi connectivity index (χ0) is 16.6. The number of halogens is 1. The van der Waals surface area contributed by atoms with Gasteiger partial charge in [-0.3, -0.25) is 9.59 Å². The van der Waals surface area contributed by atoms with Gasteiger partial charge in [-0.15, -0.1) is 0 Å². The van der Waals surface area contributed by atoms with Crippen molar-refractivity contribution in [2.45, 2.75) is 19.8 Å². The molecule has 2 N–H and O–H groups in total. The molecule has 2 aromatic rings. The lowest BCUT2D eigenvalue weighted by Crippen LogP contribution is -2.23. The highest BCUT2D eigenvalue weighted by Gasteiger charge is 2.30. The standard InChI is InChI=1S/C17H17FN2O3/c1-9-3-5-14-15(16(9)21)11(8-19-14)17(22)20-13-6-4-10(23-2)7-12(13)18/h4,6-9,19H,3,5H2,1-2H3,(H,20,22). The molecule has 1 heterocycles. The van der Waals surface area contributed by atoms with E-state index in [0.29, 0.717) is 11.3 Å². The molecule has 0 saturated heterocycles. The average molecular weight is 316 g/mol. The largest absolute Gasteiger partial charge is 0.497 e. The van der Waals surface area contributed by atoms with Crippen LogP contribution in [0.15, 0.2) is 24.4 Å². The van der Waals surface area contributed by atoms with Crippen molar-refractivity contribution in [3.8, 4) is 5.75 Å². The molecule has 1 unspecified atom stereocenters. The summed E-state index contributed by atoms with van der Waals surface area (Å²) in [5.74, 6) is -0.894. The van der Waals surface area contributed by atoms with Gasteiger partial charge in [-0.05, 0) is 25.0 Å². The monoisotopic (exact) mass is 316 g/mol. The fourth-order valence-electron chi connectivity index (χ4n) is 2.78. The van der Waals surface area contributed by atoms with E-state index < -0.39 is 11.7 Å². The third kappa shape index (κ3) is 2.72. The number of carbonyl (C=O) groups excluding carboxylic acids is 2. The molecule has 1 aliphatic carbocycles. The molecule has 23 heavy (non-hydrogen) atoms. The molecular weight excluding hydrogens is 299 g/mol. The number of nitrogens with one attached hydrogen (secondary N) is 2. The zero-order valence-electron chi connectivity index (χ0n) is 12.9. The van der Waals surface area contributed by atoms with E-state index >= 15 is 0 Å². The van der Waals surface area contributed by atoms with E-state index in [1.54, 1.807) is 6.07 Å². The van der Waals surface area contributed by atoms with Crippen LogP contribution >= 0.6 is 0 Å². The summed E-state index contributed by atoms with van der Waals surface area (Å²) in [6, 6.07) is 4.17. The van der Waals surface area contributed by atoms with Gasteiger partial charge >= 0.3 is 0 Å². The molecule has 1 aliphatic rings. The normalized spacial score (nSPS) is 16.8. The number of hydrogen-bond acceptors (Lipinski definition) is 3. The Kier molecular flexibility index (Phi) is 3.90. The minimum Gasteiger partial charge on any atom is -0.497 e. The number of aromatic amines is 1. The molecule has 3 rings (SSSR count). The van der Waals surface area contributed by atoms with E-state index in [1.807, 2.05) is 6.92 Å². The number of methoxy groups -OCH3 is 1. The molecule has 0 fully saturated rings. The van der Waals surface area contributed by atoms with Crippen LogP contribution in [0.3, 0.4) is 0 Å². The highest BCUT2D eigenvalue weighted by Crippen LogP contribution is 2.28. The minimum absolute atomic E-state index is 0.0436. The maximum Gasteiger partial charge on any atom is 0.258 e. The molecule has 0 bridgehead atoms. The summed E-state index contributed by atoms with van der Waals surface area (Å²) in [6.07, 6.45) is 3.00. The quantitative estimate of drug-likeness (QED) is 0.913. The van der Waals surface area contributed by atoms with Crippen molar-refractivity contribution in [2.24, 2.45) is 5.92 Å². The summed E-state index contributed by atoms with van der Waals surface area (Å²) in [4.78, 5) is 27.7. The van der Waals surface area contributed by atoms with Crippen molar-refractivity contribution < 1.29 is 18.7 Å². The van der Waals surface area contributed by atoms with Crippen LogP contribution in [0, 0.1) is 11.7 Å². The molecule has 1 aromatic carbocycles. The number of fused-ring (bicyclic) bond motifs is 1. The number of ketones is 1. The number of H-pyrrole nitrogens is 1. The first kappa shape index (κ1) is 15.3. The molecule has 1 amide bonds. The second kappa shape index (κ2) is 5.87. The number of hydrogen-bond donors (Lipinski definition) is 2. The molecule has 0 saturated carbocycles. The number of amides is 1. The van der Waals surface area contributed by atoms with Crippen molar-refractivity contribution in [1.29, 1.82) is 0 Å². The summed E-state index contributed by atoms with van der Waals surface area (Å²) in [6.45, 7) is 1.85. The SMILES string of the molecule is COc1ccc(NC(=O)c2c[nH]c3c2C(=O)C(C)CC3)c(F)c1. The van der Waals surface area contributed by atoms with Crippen molar-refractivity contribution >= 4 is 17.4 Å². The fourth-order valence-corrected chi connectivity index (χ4v) is 2.78. The van der Waals surface area contributed by atoms with Gasteiger partial charge in [0, 0.05) is 23.9 Å². The Balaban J connectivity index is 1.88. The molecule has 0 aliphatic heterocycles. The van der Waals surface area contributed by atoms with Crippen molar-refractivity contribution in [2.75, 3.05) is 12.4 Å². The molecule has 0 radical (unpaired) electrons. The van der Waals surface area contributed by atoms with Gasteiger partial charge in [0.05, 0.1) is 23.9 Å². The van der Waals surface area contributed by atoms with Gasteiger partial charge in [0.15, 0.2) is 5.78 Å². The second-order valence-electron chi connectivity index (χ2n) is 5.66. The number of aromatic nitrogens is 1. The Morgan fingerprint density at radius 2 is 2.22 bits per heavy atom. The smallest absolute Gasteiger partial charge is 0.258 e. The number of Topliss-reactive ketones (excluding diaryl/α,β-unsaturated/α-hetero) is 1. The predicted octanol–water partition coefficient (Wildman–Crippen LogP) is 3.18. The first-order chi connectivity index (χ1) is 11.0. The van der Waals surface area contributed by atoms with Gasteiger partial charge in [-0.1, -0.05) is 6.92 Å². The molecule has 0 spiro atoms. The van der Waals surface area contributed by atoms with Crippen LogP contribution in [0.2, 0.25) is 0 Å². The third-order valence-corrected chi connectivity index (χ3v) is 4.15. The fraction of sp³-hybridized carbons (Fsp3) is 0.294. The molecule has 120 valence electrons. The number of carbonyl (C=O) groups is 2. The topological polar surface area (TPSA) is 71.2 Å². The molecule has 1 atom stereocenters. The summed E-state index contributed by atoms with van der Waals surface area (Å²) in [5.41, 5.74) is 1.50. The molecular formula is C17H17FN2O3. The Hall–Kier alpha value is -2.63. The number of aryl methyl sites for hydroxylation is 1. The van der Waals surface area contributed by atoms with Crippen LogP contribution in [-0.2, 0) is 6.42 Å². The van der Waals surface area contributed by atoms with E-state index in [1.165, 1.54) is 25.4 Å². The Morgan fingerprint density at radius 3 is 2.91 bits per heavy atom. The van der Waals surface area contributed by atoms with Crippen LogP contribution in [0.1, 0.15) is 39.8 Å². The number of benzene rings is 1. The number of rotatable bonds is 3. The van der Waals surface area contributed by atoms with E-state index in [9.17, 15) is 14.0 Å². The highest BCUT2D eigenvalue weighted by atomic mass is 19.1. The van der Waals surface area contributed by atoms with Gasteiger partial charge in [-0.2, -0.15) is 0 Å². The molecule has 1 aromatic heterocycles. The summed E-state index contributed by atoms with van der Waals surface area (Å²) >= 11 is 0. The third-order valence-electron chi connectivity index (χ3n) is 4.15. The van der Waals surface area contributed by atoms with E-state index in [-0.39, 0.29) is 23.0 Å². The predicted molar refractivity (Wildman–Crippen MR) is 83.5 cm³/mol. The Morgan fingerprint density at radius 1 is 1.43 bits per heavy atom. The van der Waals surface area contributed by atoms with Gasteiger partial charge < -0.3 is 15.0 Å². The van der Waals surface area contributed by atoms with Gasteiger partial charge in [0.1, 0.15) is 11.6 Å². The highest BCUT2D eigenvalue weighted by molar-refractivity contribution is 6.14. The lowest BCUT2D eigenvalue weighted by molar-refractivity contribution is 0.0904. The van der Waals surface area contributed by atoms with Gasteiger partial charge in [0.2, 0.25) is 0 Å². The summed E-state index contributed by atoms with van der Waals surface area (Å²) in [5, 5.41) is 2.51. The molecule has 5 nitrogen and oxygen atoms in total. The summed E-state index contributed by atoms with van der Waals surface area (Å²) in [7, 11) is 1.44. The molecule has 6 heteroatoms. The van der Waals surface area contributed by atoms with E-state index in [2.05, 4.69) is 10.3 Å². The van der Waals surface area contributed by atoms with Crippen molar-refractivity contribution in [1.82, 2.24) is 4.98 Å². The maximum absolute atomic E-state index is 13.9. The zero-order valence-corrected chi connectivity index (χ0v) is 12.9. The van der Waals surface area contributed by atoms with Gasteiger partial charge in [-0.25, -0.2) is 4.39 Å². The van der Waals surface area contributed by atoms with Crippen LogP contribution < -0.4 is 10.1 Å². The van der Waals surface area contributed by atoms with Crippen LogP contribution in [0.25, 0.3) is 0 Å². The number of anilines is 1. The number of ether oxygens (including phenoxy) is 1. The first-order valence-electron chi connectivity index (χ1n) is 7.40. The van der Waals surface area contributed by atoms with Crippen LogP contribution in [0.4, 0.5) is 10.1 Å². The van der Waals surface area contributed by atoms with Crippen LogP contribution in [0.5, 0.6) is 5.75 Å². The van der Waals surface area contributed by atoms with Crippen molar-refractivity contribution in [3.63, 3.8) is 0 Å². The maximum atomic E-state index is 13.9. The second-order valence-corrected chi connectivity index (χ2v) is 5.66. The lowest BCUT2D eigenvalue weighted by Gasteiger charge is -2.18. The van der Waals surface area contributed by atoms with Crippen LogP contribution in [-0.4, -0.2) is 23.8 Å². The van der Waals surface area contributed by atoms with E-state index in [4.69, 9.17) is 4.74 Å². The average Bonchev–Trinajstić information content (AvgIpc) is 2.97. The van der Waals surface area contributed by atoms with Crippen molar-refractivity contribution in [3.05, 3.63) is 47.0 Å². The van der Waals surface area contributed by atoms with Gasteiger partial charge in [0.25, 0.3) is 5.91 Å². The Bertz CT molecular complexity index is 782. The minimum atomic E-state index is -0.596.